The van der Waals surface area contributed by atoms with E-state index < -0.39 is 35.7 Å². The van der Waals surface area contributed by atoms with E-state index in [2.05, 4.69) is 5.32 Å². The van der Waals surface area contributed by atoms with Crippen molar-refractivity contribution in [2.24, 2.45) is 0 Å². The van der Waals surface area contributed by atoms with Gasteiger partial charge in [-0.05, 0) is 55.8 Å². The zero-order valence-electron chi connectivity index (χ0n) is 19.1. The number of nitrogens with one attached hydrogen (secondary N) is 1. The number of aryl methyl sites for hydroxylation is 2. The fourth-order valence-corrected chi connectivity index (χ4v) is 4.10. The van der Waals surface area contributed by atoms with Crippen molar-refractivity contribution in [3.8, 4) is 11.5 Å². The molecule has 1 aliphatic rings. The number of imide groups is 1. The number of hydrogen-bond acceptors (Lipinski definition) is 7. The molecular weight excluding hydrogens is 460 g/mol. The number of thioether (sulfide) groups is 1. The molecule has 2 N–H and O–H groups in total. The normalized spacial score (nSPS) is 15.4. The van der Waals surface area contributed by atoms with Gasteiger partial charge in [-0.1, -0.05) is 30.3 Å². The quantitative estimate of drug-likeness (QED) is 0.542. The van der Waals surface area contributed by atoms with E-state index in [0.717, 1.165) is 16.0 Å². The van der Waals surface area contributed by atoms with Gasteiger partial charge in [-0.2, -0.15) is 0 Å². The minimum Gasteiger partial charge on any atom is -0.493 e. The second-order valence-electron chi connectivity index (χ2n) is 7.56. The van der Waals surface area contributed by atoms with E-state index in [9.17, 15) is 24.3 Å². The minimum absolute atomic E-state index is 0.0750. The molecule has 2 aromatic rings. The van der Waals surface area contributed by atoms with E-state index in [4.69, 9.17) is 9.47 Å². The maximum absolute atomic E-state index is 12.9. The fourth-order valence-electron chi connectivity index (χ4n) is 3.27. The SMILES string of the molecule is COc1cccc(/C=C2\SC(=O)N(CC(=O)Nc3c(C)cccc3C)C2=O)c1O[C@@H](C)C(=O)O. The fraction of sp³-hybridized carbons (Fsp3) is 0.250. The zero-order chi connectivity index (χ0) is 25.0. The molecule has 34 heavy (non-hydrogen) atoms. The number of para-hydroxylation sites is 2. The van der Waals surface area contributed by atoms with Crippen LogP contribution >= 0.6 is 11.8 Å². The van der Waals surface area contributed by atoms with Crippen LogP contribution in [0, 0.1) is 13.8 Å². The second-order valence-corrected chi connectivity index (χ2v) is 8.55. The summed E-state index contributed by atoms with van der Waals surface area (Å²) in [7, 11) is 1.40. The summed E-state index contributed by atoms with van der Waals surface area (Å²) in [5.41, 5.74) is 2.73. The molecule has 10 heteroatoms. The molecule has 0 aliphatic carbocycles. The molecule has 0 bridgehead atoms. The Hall–Kier alpha value is -3.79. The molecule has 0 aromatic heterocycles. The van der Waals surface area contributed by atoms with E-state index >= 15 is 0 Å². The average molecular weight is 485 g/mol. The molecule has 9 nitrogen and oxygen atoms in total. The van der Waals surface area contributed by atoms with Gasteiger partial charge < -0.3 is 19.9 Å². The monoisotopic (exact) mass is 484 g/mol. The summed E-state index contributed by atoms with van der Waals surface area (Å²) in [5, 5.41) is 11.4. The van der Waals surface area contributed by atoms with Gasteiger partial charge in [-0.15, -0.1) is 0 Å². The lowest BCUT2D eigenvalue weighted by Crippen LogP contribution is -2.36. The topological polar surface area (TPSA) is 122 Å². The number of anilines is 1. The predicted octanol–water partition coefficient (Wildman–Crippen LogP) is 3.84. The molecule has 1 fully saturated rings. The molecule has 0 spiro atoms. The Labute approximate surface area is 200 Å². The number of carboxylic acids is 1. The number of carbonyl (C=O) groups is 4. The zero-order valence-corrected chi connectivity index (χ0v) is 19.9. The maximum Gasteiger partial charge on any atom is 0.344 e. The van der Waals surface area contributed by atoms with Gasteiger partial charge in [-0.25, -0.2) is 4.79 Å². The van der Waals surface area contributed by atoms with Crippen LogP contribution in [0.1, 0.15) is 23.6 Å². The Morgan fingerprint density at radius 3 is 2.41 bits per heavy atom. The number of carboxylic acid groups (broad SMARTS) is 1. The Morgan fingerprint density at radius 2 is 1.79 bits per heavy atom. The van der Waals surface area contributed by atoms with Crippen LogP contribution in [0.2, 0.25) is 0 Å². The van der Waals surface area contributed by atoms with Crippen molar-refractivity contribution < 1.29 is 33.8 Å². The third-order valence-corrected chi connectivity index (χ3v) is 5.99. The Bertz CT molecular complexity index is 1170. The number of aliphatic carboxylic acids is 1. The summed E-state index contributed by atoms with van der Waals surface area (Å²) in [5.74, 6) is -1.91. The maximum atomic E-state index is 12.9. The first kappa shape index (κ1) is 24.8. The van der Waals surface area contributed by atoms with E-state index in [1.165, 1.54) is 20.1 Å². The van der Waals surface area contributed by atoms with Crippen molar-refractivity contribution >= 4 is 46.5 Å². The summed E-state index contributed by atoms with van der Waals surface area (Å²) < 4.78 is 10.8. The van der Waals surface area contributed by atoms with Crippen molar-refractivity contribution in [3.63, 3.8) is 0 Å². The van der Waals surface area contributed by atoms with Crippen molar-refractivity contribution in [1.82, 2.24) is 4.90 Å². The van der Waals surface area contributed by atoms with Crippen molar-refractivity contribution in [2.45, 2.75) is 26.9 Å². The molecule has 1 heterocycles. The molecule has 178 valence electrons. The number of ether oxygens (including phenoxy) is 2. The van der Waals surface area contributed by atoms with Crippen LogP contribution in [0.3, 0.4) is 0 Å². The highest BCUT2D eigenvalue weighted by Crippen LogP contribution is 2.38. The number of rotatable bonds is 8. The summed E-state index contributed by atoms with van der Waals surface area (Å²) in [6.07, 6.45) is 0.243. The third-order valence-electron chi connectivity index (χ3n) is 5.08. The van der Waals surface area contributed by atoms with E-state index in [1.807, 2.05) is 32.0 Å². The van der Waals surface area contributed by atoms with E-state index in [1.54, 1.807) is 18.2 Å². The van der Waals surface area contributed by atoms with Crippen LogP contribution in [0.5, 0.6) is 11.5 Å². The molecule has 3 rings (SSSR count). The van der Waals surface area contributed by atoms with Crippen LogP contribution in [0.25, 0.3) is 6.08 Å². The van der Waals surface area contributed by atoms with Gasteiger partial charge in [0.1, 0.15) is 6.54 Å². The highest BCUT2D eigenvalue weighted by atomic mass is 32.2. The Kier molecular flexibility index (Phi) is 7.62. The Morgan fingerprint density at radius 1 is 1.15 bits per heavy atom. The van der Waals surface area contributed by atoms with Crippen LogP contribution in [0.4, 0.5) is 10.5 Å². The van der Waals surface area contributed by atoms with Gasteiger partial charge in [0.2, 0.25) is 5.91 Å². The molecule has 0 radical (unpaired) electrons. The van der Waals surface area contributed by atoms with Gasteiger partial charge in [0.05, 0.1) is 12.0 Å². The van der Waals surface area contributed by atoms with E-state index in [-0.39, 0.29) is 16.4 Å². The molecule has 2 aromatic carbocycles. The molecule has 0 unspecified atom stereocenters. The van der Waals surface area contributed by atoms with Gasteiger partial charge in [0, 0.05) is 11.3 Å². The van der Waals surface area contributed by atoms with Gasteiger partial charge in [0.25, 0.3) is 11.1 Å². The lowest BCUT2D eigenvalue weighted by atomic mass is 10.1. The largest absolute Gasteiger partial charge is 0.493 e. The molecule has 1 saturated heterocycles. The standard InChI is InChI=1S/C24H24N2O7S/c1-13-7-5-8-14(2)20(13)25-19(27)12-26-22(28)18(34-24(26)31)11-16-9-6-10-17(32-4)21(16)33-15(3)23(29)30/h5-11,15H,12H2,1-4H3,(H,25,27)(H,29,30)/b18-11-/t15-/m0/s1. The summed E-state index contributed by atoms with van der Waals surface area (Å²) >= 11 is 0.684. The molecule has 1 atom stereocenters. The second kappa shape index (κ2) is 10.4. The first-order valence-corrected chi connectivity index (χ1v) is 11.1. The average Bonchev–Trinajstić information content (AvgIpc) is 3.04. The number of hydrogen-bond donors (Lipinski definition) is 2. The molecule has 0 saturated carbocycles. The molecular formula is C24H24N2O7S. The smallest absolute Gasteiger partial charge is 0.344 e. The highest BCUT2D eigenvalue weighted by molar-refractivity contribution is 8.18. The number of carbonyl (C=O) groups excluding carboxylic acids is 3. The van der Waals surface area contributed by atoms with Gasteiger partial charge in [0.15, 0.2) is 17.6 Å². The minimum atomic E-state index is -1.17. The molecule has 3 amide bonds. The first-order valence-electron chi connectivity index (χ1n) is 10.3. The lowest BCUT2D eigenvalue weighted by Gasteiger charge is -2.16. The number of benzene rings is 2. The van der Waals surface area contributed by atoms with Crippen LogP contribution in [0.15, 0.2) is 41.3 Å². The highest BCUT2D eigenvalue weighted by Gasteiger charge is 2.36. The van der Waals surface area contributed by atoms with E-state index in [0.29, 0.717) is 23.0 Å². The third kappa shape index (κ3) is 5.40. The number of nitrogens with zero attached hydrogens (tertiary/aromatic N) is 1. The van der Waals surface area contributed by atoms with Crippen molar-refractivity contribution in [1.29, 1.82) is 0 Å². The predicted molar refractivity (Wildman–Crippen MR) is 128 cm³/mol. The number of methoxy groups -OCH3 is 1. The van der Waals surface area contributed by atoms with Crippen LogP contribution < -0.4 is 14.8 Å². The number of amides is 3. The Balaban J connectivity index is 1.82. The first-order chi connectivity index (χ1) is 16.1. The van der Waals surface area contributed by atoms with Crippen LogP contribution in [-0.2, 0) is 14.4 Å². The summed E-state index contributed by atoms with van der Waals surface area (Å²) in [6, 6.07) is 10.4. The lowest BCUT2D eigenvalue weighted by molar-refractivity contribution is -0.144. The summed E-state index contributed by atoms with van der Waals surface area (Å²) in [6.45, 7) is 4.63. The summed E-state index contributed by atoms with van der Waals surface area (Å²) in [4.78, 5) is 50.2. The van der Waals surface area contributed by atoms with Gasteiger partial charge in [-0.3, -0.25) is 19.3 Å². The van der Waals surface area contributed by atoms with Crippen LogP contribution in [-0.4, -0.2) is 52.8 Å². The van der Waals surface area contributed by atoms with Crippen molar-refractivity contribution in [2.75, 3.05) is 19.0 Å². The molecule has 1 aliphatic heterocycles. The van der Waals surface area contributed by atoms with Crippen molar-refractivity contribution in [3.05, 3.63) is 58.0 Å². The van der Waals surface area contributed by atoms with Gasteiger partial charge >= 0.3 is 5.97 Å².